The zero-order chi connectivity index (χ0) is 11.8. The second-order valence-corrected chi connectivity index (χ2v) is 3.44. The third kappa shape index (κ3) is 5.18. The van der Waals surface area contributed by atoms with E-state index in [-0.39, 0.29) is 17.6 Å². The minimum Gasteiger partial charge on any atom is -0.462 e. The molecule has 0 saturated carbocycles. The van der Waals surface area contributed by atoms with E-state index in [1.54, 1.807) is 13.0 Å². The molecule has 15 heavy (non-hydrogen) atoms. The Morgan fingerprint density at radius 1 is 1.47 bits per heavy atom. The van der Waals surface area contributed by atoms with Gasteiger partial charge < -0.3 is 5.11 Å². The average Bonchev–Trinajstić information content (AvgIpc) is 2.17. The monoisotopic (exact) mass is 211 g/mol. The van der Waals surface area contributed by atoms with Crippen LogP contribution in [0.2, 0.25) is 0 Å². The summed E-state index contributed by atoms with van der Waals surface area (Å²) in [5.41, 5.74) is 0. The second-order valence-electron chi connectivity index (χ2n) is 3.44. The highest BCUT2D eigenvalue weighted by Gasteiger charge is 2.19. The van der Waals surface area contributed by atoms with Crippen molar-refractivity contribution in [2.45, 2.75) is 45.7 Å². The summed E-state index contributed by atoms with van der Waals surface area (Å²) in [6.45, 7) is 5.10. The zero-order valence-corrected chi connectivity index (χ0v) is 9.33. The summed E-state index contributed by atoms with van der Waals surface area (Å²) in [7, 11) is 0. The smallest absolute Gasteiger partial charge is 0.225 e. The standard InChI is InChI=1S/C11H17NO3/c1-4-5-10(11(15)6-7-13)12-8(2)9(3)14/h8,10,12-13H,4-5H2,1-3H3/t8-,10-/m0/s1. The number of rotatable bonds is 6. The summed E-state index contributed by atoms with van der Waals surface area (Å²) in [6, 6.07) is -0.848. The SMILES string of the molecule is CCC[C@H](N[C@@H](C)C(C)=O)C(=O)C#CO. The molecule has 0 aliphatic heterocycles. The van der Waals surface area contributed by atoms with Gasteiger partial charge in [-0.25, -0.2) is 0 Å². The van der Waals surface area contributed by atoms with E-state index in [1.807, 2.05) is 6.92 Å². The van der Waals surface area contributed by atoms with Crippen molar-refractivity contribution < 1.29 is 14.7 Å². The van der Waals surface area contributed by atoms with Crippen LogP contribution in [0, 0.1) is 12.0 Å². The summed E-state index contributed by atoms with van der Waals surface area (Å²) in [5.74, 6) is 1.66. The average molecular weight is 211 g/mol. The van der Waals surface area contributed by atoms with Gasteiger partial charge in [-0.1, -0.05) is 13.3 Å². The van der Waals surface area contributed by atoms with Gasteiger partial charge in [-0.15, -0.1) is 0 Å². The Hall–Kier alpha value is -1.34. The van der Waals surface area contributed by atoms with Crippen molar-refractivity contribution in [3.05, 3.63) is 0 Å². The molecule has 0 aromatic heterocycles. The van der Waals surface area contributed by atoms with Crippen LogP contribution in [0.5, 0.6) is 0 Å². The van der Waals surface area contributed by atoms with Crippen LogP contribution in [0.3, 0.4) is 0 Å². The Bertz CT molecular complexity index is 288. The number of nitrogens with one attached hydrogen (secondary N) is 1. The first-order chi connectivity index (χ1) is 7.02. The molecule has 0 spiro atoms. The summed E-state index contributed by atoms with van der Waals surface area (Å²) in [4.78, 5) is 22.4. The predicted molar refractivity (Wildman–Crippen MR) is 56.7 cm³/mol. The zero-order valence-electron chi connectivity index (χ0n) is 9.33. The molecular weight excluding hydrogens is 194 g/mol. The van der Waals surface area contributed by atoms with Gasteiger partial charge in [-0.2, -0.15) is 0 Å². The molecule has 0 saturated heterocycles. The Kier molecular flexibility index (Phi) is 6.39. The van der Waals surface area contributed by atoms with Crippen LogP contribution in [0.15, 0.2) is 0 Å². The van der Waals surface area contributed by atoms with Gasteiger partial charge in [0.2, 0.25) is 5.78 Å². The summed E-state index contributed by atoms with van der Waals surface area (Å²) in [5, 5.41) is 11.2. The molecule has 84 valence electrons. The number of carbonyl (C=O) groups excluding carboxylic acids is 2. The predicted octanol–water partition coefficient (Wildman–Crippen LogP) is 0.625. The van der Waals surface area contributed by atoms with Crippen LogP contribution in [0.1, 0.15) is 33.6 Å². The molecule has 0 aromatic rings. The van der Waals surface area contributed by atoms with E-state index in [4.69, 9.17) is 5.11 Å². The molecule has 0 aromatic carbocycles. The lowest BCUT2D eigenvalue weighted by molar-refractivity contribution is -0.119. The Balaban J connectivity index is 4.43. The normalized spacial score (nSPS) is 13.5. The van der Waals surface area contributed by atoms with Crippen LogP contribution < -0.4 is 5.32 Å². The van der Waals surface area contributed by atoms with Crippen molar-refractivity contribution in [3.63, 3.8) is 0 Å². The van der Waals surface area contributed by atoms with Gasteiger partial charge >= 0.3 is 0 Å². The molecular formula is C11H17NO3. The van der Waals surface area contributed by atoms with Crippen molar-refractivity contribution in [1.29, 1.82) is 0 Å². The third-order valence-electron chi connectivity index (χ3n) is 2.13. The molecule has 0 rings (SSSR count). The first-order valence-corrected chi connectivity index (χ1v) is 4.98. The Morgan fingerprint density at radius 3 is 2.47 bits per heavy atom. The van der Waals surface area contributed by atoms with Gasteiger partial charge in [0.25, 0.3) is 0 Å². The van der Waals surface area contributed by atoms with Gasteiger partial charge in [0.05, 0.1) is 12.1 Å². The molecule has 4 nitrogen and oxygen atoms in total. The lowest BCUT2D eigenvalue weighted by Crippen LogP contribution is -2.44. The minimum atomic E-state index is -0.478. The van der Waals surface area contributed by atoms with E-state index in [2.05, 4.69) is 11.2 Å². The molecule has 0 amide bonds. The van der Waals surface area contributed by atoms with Crippen LogP contribution in [-0.2, 0) is 9.59 Å². The number of aliphatic hydroxyl groups excluding tert-OH is 1. The molecule has 4 heteroatoms. The fraction of sp³-hybridized carbons (Fsp3) is 0.636. The second kappa shape index (κ2) is 7.02. The van der Waals surface area contributed by atoms with E-state index in [9.17, 15) is 9.59 Å². The van der Waals surface area contributed by atoms with Crippen LogP contribution in [0.4, 0.5) is 0 Å². The van der Waals surface area contributed by atoms with Crippen LogP contribution >= 0.6 is 0 Å². The number of aliphatic hydroxyl groups is 1. The van der Waals surface area contributed by atoms with Crippen LogP contribution in [-0.4, -0.2) is 28.8 Å². The third-order valence-corrected chi connectivity index (χ3v) is 2.13. The molecule has 0 fully saturated rings. The molecule has 0 radical (unpaired) electrons. The first kappa shape index (κ1) is 13.7. The number of Topliss-reactive ketones (excluding diaryl/α,β-unsaturated/α-hetero) is 2. The molecule has 0 bridgehead atoms. The summed E-state index contributed by atoms with van der Waals surface area (Å²) >= 11 is 0. The lowest BCUT2D eigenvalue weighted by Gasteiger charge is -2.17. The highest BCUT2D eigenvalue weighted by molar-refractivity contribution is 5.99. The van der Waals surface area contributed by atoms with Crippen LogP contribution in [0.25, 0.3) is 0 Å². The molecule has 0 heterocycles. The fourth-order valence-electron chi connectivity index (χ4n) is 1.14. The minimum absolute atomic E-state index is 0.0270. The summed E-state index contributed by atoms with van der Waals surface area (Å²) < 4.78 is 0. The molecule has 0 aliphatic rings. The van der Waals surface area contributed by atoms with Gasteiger partial charge in [0.1, 0.15) is 11.9 Å². The van der Waals surface area contributed by atoms with E-state index in [0.29, 0.717) is 6.42 Å². The van der Waals surface area contributed by atoms with Crippen molar-refractivity contribution in [2.75, 3.05) is 0 Å². The van der Waals surface area contributed by atoms with E-state index >= 15 is 0 Å². The summed E-state index contributed by atoms with van der Waals surface area (Å²) in [6.07, 6.45) is 2.99. The number of hydrogen-bond acceptors (Lipinski definition) is 4. The maximum atomic E-state index is 11.4. The quantitative estimate of drug-likeness (QED) is 0.632. The van der Waals surface area contributed by atoms with E-state index in [1.165, 1.54) is 6.92 Å². The van der Waals surface area contributed by atoms with Crippen molar-refractivity contribution in [3.8, 4) is 12.0 Å². The highest BCUT2D eigenvalue weighted by Crippen LogP contribution is 2.00. The Labute approximate surface area is 90.1 Å². The maximum Gasteiger partial charge on any atom is 0.225 e. The number of ketones is 2. The lowest BCUT2D eigenvalue weighted by atomic mass is 10.1. The van der Waals surface area contributed by atoms with E-state index in [0.717, 1.165) is 6.42 Å². The topological polar surface area (TPSA) is 66.4 Å². The number of carbonyl (C=O) groups is 2. The van der Waals surface area contributed by atoms with Gasteiger partial charge in [0.15, 0.2) is 0 Å². The molecule has 0 aliphatic carbocycles. The highest BCUT2D eigenvalue weighted by atomic mass is 16.2. The molecule has 2 N–H and O–H groups in total. The van der Waals surface area contributed by atoms with Gasteiger partial charge in [-0.05, 0) is 20.3 Å². The van der Waals surface area contributed by atoms with Crippen molar-refractivity contribution in [1.82, 2.24) is 5.32 Å². The fourth-order valence-corrected chi connectivity index (χ4v) is 1.14. The van der Waals surface area contributed by atoms with Gasteiger partial charge in [-0.3, -0.25) is 14.9 Å². The molecule has 2 atom stereocenters. The first-order valence-electron chi connectivity index (χ1n) is 4.98. The number of hydrogen-bond donors (Lipinski definition) is 2. The molecule has 0 unspecified atom stereocenters. The maximum absolute atomic E-state index is 11.4. The van der Waals surface area contributed by atoms with Gasteiger partial charge in [0, 0.05) is 5.92 Å². The largest absolute Gasteiger partial charge is 0.462 e. The van der Waals surface area contributed by atoms with E-state index < -0.39 is 6.04 Å². The van der Waals surface area contributed by atoms with Crippen molar-refractivity contribution in [2.24, 2.45) is 0 Å². The Morgan fingerprint density at radius 2 is 2.07 bits per heavy atom. The van der Waals surface area contributed by atoms with Crippen molar-refractivity contribution >= 4 is 11.6 Å².